The molecule has 2 atom stereocenters. The number of morpholine rings is 1. The smallest absolute Gasteiger partial charge is 0.123 e. The molecule has 2 nitrogen and oxygen atoms in total. The SMILES string of the molecule is Fc1ccc(CC2=CC3COCC(C2)N3Cc2ccccc2)cc1. The van der Waals surface area contributed by atoms with Crippen LogP contribution in [0.4, 0.5) is 4.39 Å². The maximum atomic E-state index is 13.1. The summed E-state index contributed by atoms with van der Waals surface area (Å²) >= 11 is 0. The van der Waals surface area contributed by atoms with E-state index in [1.165, 1.54) is 16.7 Å². The van der Waals surface area contributed by atoms with E-state index in [9.17, 15) is 4.39 Å². The molecule has 1 fully saturated rings. The molecule has 0 amide bonds. The van der Waals surface area contributed by atoms with E-state index in [4.69, 9.17) is 4.74 Å². The topological polar surface area (TPSA) is 12.5 Å². The summed E-state index contributed by atoms with van der Waals surface area (Å²) in [5.41, 5.74) is 3.98. The number of benzene rings is 2. The second-order valence-corrected chi connectivity index (χ2v) is 6.75. The molecule has 1 saturated heterocycles. The van der Waals surface area contributed by atoms with Crippen molar-refractivity contribution in [3.63, 3.8) is 0 Å². The predicted octanol–water partition coefficient (Wildman–Crippen LogP) is 3.97. The van der Waals surface area contributed by atoms with E-state index >= 15 is 0 Å². The zero-order valence-electron chi connectivity index (χ0n) is 13.7. The summed E-state index contributed by atoms with van der Waals surface area (Å²) in [6, 6.07) is 18.3. The van der Waals surface area contributed by atoms with Crippen molar-refractivity contribution >= 4 is 0 Å². The first kappa shape index (κ1) is 15.6. The first-order valence-corrected chi connectivity index (χ1v) is 8.59. The molecule has 124 valence electrons. The number of fused-ring (bicyclic) bond motifs is 2. The van der Waals surface area contributed by atoms with E-state index in [1.807, 2.05) is 12.1 Å². The number of hydrogen-bond acceptors (Lipinski definition) is 2. The Balaban J connectivity index is 1.50. The van der Waals surface area contributed by atoms with Crippen molar-refractivity contribution in [2.24, 2.45) is 0 Å². The molecule has 2 bridgehead atoms. The molecule has 0 radical (unpaired) electrons. The Kier molecular flexibility index (Phi) is 4.46. The highest BCUT2D eigenvalue weighted by Crippen LogP contribution is 2.30. The number of rotatable bonds is 4. The van der Waals surface area contributed by atoms with Crippen molar-refractivity contribution < 1.29 is 9.13 Å². The fourth-order valence-corrected chi connectivity index (χ4v) is 3.79. The van der Waals surface area contributed by atoms with E-state index in [0.29, 0.717) is 12.1 Å². The van der Waals surface area contributed by atoms with Crippen LogP contribution >= 0.6 is 0 Å². The fourth-order valence-electron chi connectivity index (χ4n) is 3.79. The lowest BCUT2D eigenvalue weighted by Gasteiger charge is -2.45. The van der Waals surface area contributed by atoms with Gasteiger partial charge in [0.25, 0.3) is 0 Å². The minimum atomic E-state index is -0.171. The highest BCUT2D eigenvalue weighted by atomic mass is 19.1. The van der Waals surface area contributed by atoms with Crippen LogP contribution in [0.25, 0.3) is 0 Å². The average molecular weight is 323 g/mol. The van der Waals surface area contributed by atoms with Gasteiger partial charge in [-0.05, 0) is 36.1 Å². The maximum Gasteiger partial charge on any atom is 0.123 e. The summed E-state index contributed by atoms with van der Waals surface area (Å²) < 4.78 is 18.9. The molecule has 2 aromatic carbocycles. The van der Waals surface area contributed by atoms with Gasteiger partial charge in [0.05, 0.1) is 19.3 Å². The fraction of sp³-hybridized carbons (Fsp3) is 0.333. The van der Waals surface area contributed by atoms with Crippen LogP contribution in [0.2, 0.25) is 0 Å². The Labute approximate surface area is 142 Å². The summed E-state index contributed by atoms with van der Waals surface area (Å²) in [5, 5.41) is 0. The van der Waals surface area contributed by atoms with Crippen LogP contribution < -0.4 is 0 Å². The zero-order valence-corrected chi connectivity index (χ0v) is 13.7. The second kappa shape index (κ2) is 6.88. The van der Waals surface area contributed by atoms with Crippen molar-refractivity contribution in [3.8, 4) is 0 Å². The Bertz CT molecular complexity index is 710. The molecule has 0 saturated carbocycles. The summed E-state index contributed by atoms with van der Waals surface area (Å²) in [4.78, 5) is 2.56. The minimum absolute atomic E-state index is 0.171. The third-order valence-corrected chi connectivity index (χ3v) is 4.97. The van der Waals surface area contributed by atoms with Gasteiger partial charge in [-0.3, -0.25) is 4.90 Å². The van der Waals surface area contributed by atoms with Crippen LogP contribution in [0.5, 0.6) is 0 Å². The standard InChI is InChI=1S/C21H22FNO/c22-19-8-6-16(7-9-19)10-18-11-20-14-24-15-21(12-18)23(20)13-17-4-2-1-3-5-17/h1-9,11,20-21H,10,12-15H2. The van der Waals surface area contributed by atoms with Gasteiger partial charge in [-0.25, -0.2) is 4.39 Å². The molecule has 24 heavy (non-hydrogen) atoms. The highest BCUT2D eigenvalue weighted by molar-refractivity contribution is 5.27. The lowest BCUT2D eigenvalue weighted by atomic mass is 9.90. The number of hydrogen-bond donors (Lipinski definition) is 0. The molecule has 0 aromatic heterocycles. The van der Waals surface area contributed by atoms with Gasteiger partial charge in [0.15, 0.2) is 0 Å². The monoisotopic (exact) mass is 323 g/mol. The van der Waals surface area contributed by atoms with Gasteiger partial charge in [0, 0.05) is 12.6 Å². The molecule has 3 heteroatoms. The minimum Gasteiger partial charge on any atom is -0.378 e. The van der Waals surface area contributed by atoms with Gasteiger partial charge in [-0.2, -0.15) is 0 Å². The van der Waals surface area contributed by atoms with Crippen LogP contribution in [0.15, 0.2) is 66.2 Å². The van der Waals surface area contributed by atoms with Crippen molar-refractivity contribution in [1.29, 1.82) is 0 Å². The lowest BCUT2D eigenvalue weighted by molar-refractivity contribution is -0.0440. The number of ether oxygens (including phenoxy) is 1. The number of nitrogens with zero attached hydrogens (tertiary/aromatic N) is 1. The molecule has 2 heterocycles. The van der Waals surface area contributed by atoms with E-state index in [1.54, 1.807) is 12.1 Å². The molecule has 2 aromatic rings. The van der Waals surface area contributed by atoms with Gasteiger partial charge >= 0.3 is 0 Å². The van der Waals surface area contributed by atoms with Gasteiger partial charge in [-0.1, -0.05) is 54.1 Å². The number of halogens is 1. The largest absolute Gasteiger partial charge is 0.378 e. The summed E-state index contributed by atoms with van der Waals surface area (Å²) in [5.74, 6) is -0.171. The van der Waals surface area contributed by atoms with E-state index in [2.05, 4.69) is 41.3 Å². The summed E-state index contributed by atoms with van der Waals surface area (Å²) in [6.07, 6.45) is 4.30. The van der Waals surface area contributed by atoms with E-state index < -0.39 is 0 Å². The Hall–Kier alpha value is -1.97. The van der Waals surface area contributed by atoms with Crippen molar-refractivity contribution in [3.05, 3.63) is 83.2 Å². The third-order valence-electron chi connectivity index (χ3n) is 4.97. The third kappa shape index (κ3) is 3.42. The quantitative estimate of drug-likeness (QED) is 0.790. The zero-order chi connectivity index (χ0) is 16.4. The van der Waals surface area contributed by atoms with Gasteiger partial charge < -0.3 is 4.74 Å². The van der Waals surface area contributed by atoms with Crippen LogP contribution in [0.3, 0.4) is 0 Å². The van der Waals surface area contributed by atoms with Crippen LogP contribution in [0.1, 0.15) is 17.5 Å². The average Bonchev–Trinajstić information content (AvgIpc) is 2.58. The molecule has 0 spiro atoms. The van der Waals surface area contributed by atoms with Crippen LogP contribution in [-0.4, -0.2) is 30.2 Å². The van der Waals surface area contributed by atoms with Gasteiger partial charge in [0.2, 0.25) is 0 Å². The van der Waals surface area contributed by atoms with Gasteiger partial charge in [-0.15, -0.1) is 0 Å². The van der Waals surface area contributed by atoms with Gasteiger partial charge in [0.1, 0.15) is 5.82 Å². The van der Waals surface area contributed by atoms with E-state index in [0.717, 1.165) is 32.6 Å². The van der Waals surface area contributed by atoms with E-state index in [-0.39, 0.29) is 5.82 Å². The molecule has 2 aliphatic rings. The molecule has 4 rings (SSSR count). The predicted molar refractivity (Wildman–Crippen MR) is 93.2 cm³/mol. The molecule has 0 N–H and O–H groups in total. The molecular weight excluding hydrogens is 301 g/mol. The van der Waals surface area contributed by atoms with Crippen LogP contribution in [-0.2, 0) is 17.7 Å². The lowest BCUT2D eigenvalue weighted by Crippen LogP contribution is -2.53. The molecule has 2 aliphatic heterocycles. The van der Waals surface area contributed by atoms with Crippen LogP contribution in [0, 0.1) is 5.82 Å². The van der Waals surface area contributed by atoms with Crippen molar-refractivity contribution in [1.82, 2.24) is 4.90 Å². The summed E-state index contributed by atoms with van der Waals surface area (Å²) in [7, 11) is 0. The van der Waals surface area contributed by atoms with Crippen molar-refractivity contribution in [2.75, 3.05) is 13.2 Å². The maximum absolute atomic E-state index is 13.1. The first-order valence-electron chi connectivity index (χ1n) is 8.59. The Morgan fingerprint density at radius 3 is 2.50 bits per heavy atom. The normalized spacial score (nSPS) is 23.8. The second-order valence-electron chi connectivity index (χ2n) is 6.75. The summed E-state index contributed by atoms with van der Waals surface area (Å²) in [6.45, 7) is 2.53. The van der Waals surface area contributed by atoms with Crippen molar-refractivity contribution in [2.45, 2.75) is 31.5 Å². The first-order chi connectivity index (χ1) is 11.8. The highest BCUT2D eigenvalue weighted by Gasteiger charge is 2.34. The Morgan fingerprint density at radius 1 is 0.958 bits per heavy atom. The molecule has 0 aliphatic carbocycles. The Morgan fingerprint density at radius 2 is 1.75 bits per heavy atom. The molecule has 2 unspecified atom stereocenters. The molecular formula is C21H22FNO.